The van der Waals surface area contributed by atoms with E-state index in [-0.39, 0.29) is 10.8 Å². The molecule has 2 heterocycles. The lowest BCUT2D eigenvalue weighted by molar-refractivity contribution is 0.590. The van der Waals surface area contributed by atoms with Gasteiger partial charge in [-0.3, -0.25) is 4.98 Å². The fourth-order valence-corrected chi connectivity index (χ4v) is 4.72. The van der Waals surface area contributed by atoms with Crippen LogP contribution in [0.5, 0.6) is 0 Å². The maximum Gasteiger partial charge on any atom is 0.101 e. The number of hydrogen-bond acceptors (Lipinski definition) is 2. The van der Waals surface area contributed by atoms with E-state index < -0.39 is 0 Å². The molecule has 0 amide bonds. The van der Waals surface area contributed by atoms with Crippen LogP contribution in [-0.2, 0) is 10.8 Å². The smallest absolute Gasteiger partial charge is 0.101 e. The fraction of sp³-hybridized carbons (Fsp3) is 0.250. The lowest BCUT2D eigenvalue weighted by atomic mass is 9.85. The molecule has 0 saturated heterocycles. The van der Waals surface area contributed by atoms with Gasteiger partial charge in [0.05, 0.1) is 28.0 Å². The van der Waals surface area contributed by atoms with E-state index in [4.69, 9.17) is 0 Å². The van der Waals surface area contributed by atoms with Crippen molar-refractivity contribution in [3.8, 4) is 23.0 Å². The molecule has 0 radical (unpaired) electrons. The Morgan fingerprint density at radius 1 is 0.714 bits per heavy atom. The highest BCUT2D eigenvalue weighted by Crippen LogP contribution is 2.38. The van der Waals surface area contributed by atoms with E-state index in [1.807, 2.05) is 30.3 Å². The van der Waals surface area contributed by atoms with Crippen LogP contribution in [0.15, 0.2) is 79.0 Å². The minimum absolute atomic E-state index is 0.0426. The maximum atomic E-state index is 10.0. The van der Waals surface area contributed by atoms with Crippen molar-refractivity contribution < 1.29 is 0 Å². The van der Waals surface area contributed by atoms with Crippen LogP contribution in [-0.4, -0.2) is 9.55 Å². The summed E-state index contributed by atoms with van der Waals surface area (Å²) >= 11 is 0. The van der Waals surface area contributed by atoms with Crippen molar-refractivity contribution in [1.82, 2.24) is 9.55 Å². The number of fused-ring (bicyclic) bond motifs is 3. The van der Waals surface area contributed by atoms with Crippen LogP contribution >= 0.6 is 0 Å². The molecule has 0 fully saturated rings. The monoisotopic (exact) mass is 457 g/mol. The number of aromatic nitrogens is 2. The summed E-state index contributed by atoms with van der Waals surface area (Å²) in [7, 11) is 0. The second-order valence-corrected chi connectivity index (χ2v) is 11.4. The van der Waals surface area contributed by atoms with Gasteiger partial charge in [-0.1, -0.05) is 65.8 Å². The molecule has 0 aliphatic rings. The Bertz CT molecular complexity index is 1530. The summed E-state index contributed by atoms with van der Waals surface area (Å²) in [5, 5.41) is 12.5. The van der Waals surface area contributed by atoms with Gasteiger partial charge in [-0.2, -0.15) is 5.26 Å². The Labute approximate surface area is 207 Å². The highest BCUT2D eigenvalue weighted by atomic mass is 15.0. The largest absolute Gasteiger partial charge is 0.308 e. The van der Waals surface area contributed by atoms with Gasteiger partial charge in [-0.05, 0) is 70.5 Å². The minimum atomic E-state index is 0.0426. The Hall–Kier alpha value is -3.90. The van der Waals surface area contributed by atoms with Crippen LogP contribution < -0.4 is 0 Å². The van der Waals surface area contributed by atoms with E-state index in [0.29, 0.717) is 5.56 Å². The molecule has 0 bridgehead atoms. The van der Waals surface area contributed by atoms with Crippen molar-refractivity contribution in [3.63, 3.8) is 0 Å². The molecule has 3 aromatic carbocycles. The SMILES string of the molecule is CC(C)(C)c1ccc2c(c1)c1cc(C(C)(C)C)ccc1n2-c1cc(-c2ccccn2)ccc1C#N. The van der Waals surface area contributed by atoms with Crippen LogP contribution in [0, 0.1) is 11.3 Å². The molecule has 0 N–H and O–H groups in total. The van der Waals surface area contributed by atoms with Crippen LogP contribution in [0.25, 0.3) is 38.8 Å². The normalized spacial score (nSPS) is 12.3. The Morgan fingerprint density at radius 3 is 1.80 bits per heavy atom. The molecule has 2 aromatic heterocycles. The summed E-state index contributed by atoms with van der Waals surface area (Å²) in [6, 6.07) is 27.8. The van der Waals surface area contributed by atoms with E-state index in [0.717, 1.165) is 28.0 Å². The molecule has 0 aliphatic heterocycles. The van der Waals surface area contributed by atoms with Gasteiger partial charge in [0.25, 0.3) is 0 Å². The molecule has 3 nitrogen and oxygen atoms in total. The average molecular weight is 458 g/mol. The molecule has 0 atom stereocenters. The third kappa shape index (κ3) is 4.00. The number of rotatable bonds is 2. The van der Waals surface area contributed by atoms with Gasteiger partial charge < -0.3 is 4.57 Å². The summed E-state index contributed by atoms with van der Waals surface area (Å²) < 4.78 is 2.24. The average Bonchev–Trinajstić information content (AvgIpc) is 3.16. The van der Waals surface area contributed by atoms with Crippen LogP contribution in [0.2, 0.25) is 0 Å². The van der Waals surface area contributed by atoms with Crippen molar-refractivity contribution in [1.29, 1.82) is 5.26 Å². The Morgan fingerprint density at radius 2 is 1.31 bits per heavy atom. The van der Waals surface area contributed by atoms with Gasteiger partial charge in [0.1, 0.15) is 6.07 Å². The number of nitrogens with zero attached hydrogens (tertiary/aromatic N) is 3. The molecule has 3 heteroatoms. The summed E-state index contributed by atoms with van der Waals surface area (Å²) in [5.74, 6) is 0. The third-order valence-corrected chi connectivity index (χ3v) is 6.82. The van der Waals surface area contributed by atoms with Gasteiger partial charge in [-0.15, -0.1) is 0 Å². The topological polar surface area (TPSA) is 41.6 Å². The zero-order chi connectivity index (χ0) is 25.0. The minimum Gasteiger partial charge on any atom is -0.308 e. The first kappa shape index (κ1) is 22.9. The fourth-order valence-electron chi connectivity index (χ4n) is 4.72. The first-order valence-corrected chi connectivity index (χ1v) is 12.1. The predicted octanol–water partition coefficient (Wildman–Crippen LogP) is 8.31. The third-order valence-electron chi connectivity index (χ3n) is 6.82. The lowest BCUT2D eigenvalue weighted by Crippen LogP contribution is -2.10. The van der Waals surface area contributed by atoms with Gasteiger partial charge in [0.2, 0.25) is 0 Å². The van der Waals surface area contributed by atoms with Crippen LogP contribution in [0.4, 0.5) is 0 Å². The molecule has 5 aromatic rings. The number of pyridine rings is 1. The molecule has 0 spiro atoms. The van der Waals surface area contributed by atoms with Crippen LogP contribution in [0.1, 0.15) is 58.2 Å². The molecule has 35 heavy (non-hydrogen) atoms. The van der Waals surface area contributed by atoms with E-state index >= 15 is 0 Å². The predicted molar refractivity (Wildman–Crippen MR) is 146 cm³/mol. The molecule has 5 rings (SSSR count). The number of benzene rings is 3. The second kappa shape index (κ2) is 8.10. The van der Waals surface area contributed by atoms with E-state index in [9.17, 15) is 5.26 Å². The van der Waals surface area contributed by atoms with Crippen molar-refractivity contribution in [3.05, 3.63) is 95.7 Å². The maximum absolute atomic E-state index is 10.0. The summed E-state index contributed by atoms with van der Waals surface area (Å²) in [5.41, 5.74) is 8.30. The summed E-state index contributed by atoms with van der Waals surface area (Å²) in [6.45, 7) is 13.5. The Balaban J connectivity index is 1.88. The van der Waals surface area contributed by atoms with E-state index in [1.54, 1.807) is 6.20 Å². The van der Waals surface area contributed by atoms with Crippen LogP contribution in [0.3, 0.4) is 0 Å². The molecular weight excluding hydrogens is 426 g/mol. The molecule has 174 valence electrons. The highest BCUT2D eigenvalue weighted by Gasteiger charge is 2.22. The second-order valence-electron chi connectivity index (χ2n) is 11.4. The first-order valence-electron chi connectivity index (χ1n) is 12.1. The molecular formula is C32H31N3. The number of nitriles is 1. The zero-order valence-corrected chi connectivity index (χ0v) is 21.3. The van der Waals surface area contributed by atoms with Gasteiger partial charge >= 0.3 is 0 Å². The van der Waals surface area contributed by atoms with Crippen molar-refractivity contribution >= 4 is 21.8 Å². The lowest BCUT2D eigenvalue weighted by Gasteiger charge is -2.19. The highest BCUT2D eigenvalue weighted by molar-refractivity contribution is 6.10. The summed E-state index contributed by atoms with van der Waals surface area (Å²) in [4.78, 5) is 4.54. The van der Waals surface area contributed by atoms with Crippen molar-refractivity contribution in [2.75, 3.05) is 0 Å². The molecule has 0 unspecified atom stereocenters. The van der Waals surface area contributed by atoms with Crippen molar-refractivity contribution in [2.24, 2.45) is 0 Å². The summed E-state index contributed by atoms with van der Waals surface area (Å²) in [6.07, 6.45) is 1.80. The van der Waals surface area contributed by atoms with E-state index in [2.05, 4.69) is 99.6 Å². The zero-order valence-electron chi connectivity index (χ0n) is 21.3. The Kier molecular flexibility index (Phi) is 5.29. The van der Waals surface area contributed by atoms with E-state index in [1.165, 1.54) is 21.9 Å². The standard InChI is InChI=1S/C32H31N3/c1-31(2,3)23-12-14-28-25(18-23)26-19-24(32(4,5)6)13-15-29(26)35(28)30-17-21(10-11-22(30)20-33)27-9-7-8-16-34-27/h7-19H,1-6H3. The van der Waals surface area contributed by atoms with Gasteiger partial charge in [0.15, 0.2) is 0 Å². The number of hydrogen-bond donors (Lipinski definition) is 0. The quantitative estimate of drug-likeness (QED) is 0.267. The first-order chi connectivity index (χ1) is 16.6. The molecule has 0 aliphatic carbocycles. The van der Waals surface area contributed by atoms with Gasteiger partial charge in [-0.25, -0.2) is 0 Å². The van der Waals surface area contributed by atoms with Gasteiger partial charge in [0, 0.05) is 22.5 Å². The molecule has 0 saturated carbocycles. The van der Waals surface area contributed by atoms with Crippen molar-refractivity contribution in [2.45, 2.75) is 52.4 Å².